The fraction of sp³-hybridized carbons (Fsp3) is 0.526. The fourth-order valence-corrected chi connectivity index (χ4v) is 3.08. The van der Waals surface area contributed by atoms with Crippen LogP contribution in [-0.4, -0.2) is 43.6 Å². The fourth-order valence-electron chi connectivity index (χ4n) is 3.08. The van der Waals surface area contributed by atoms with Gasteiger partial charge in [-0.3, -0.25) is 14.4 Å². The number of alkyl halides is 2. The molecular weight excluding hydrogens is 374 g/mol. The highest BCUT2D eigenvalue weighted by Gasteiger charge is 2.23. The minimum absolute atomic E-state index is 0.0750. The quantitative estimate of drug-likeness (QED) is 0.655. The van der Waals surface area contributed by atoms with Crippen LogP contribution in [0.25, 0.3) is 0 Å². The van der Waals surface area contributed by atoms with E-state index < -0.39 is 37.5 Å². The van der Waals surface area contributed by atoms with Gasteiger partial charge in [-0.2, -0.15) is 8.78 Å². The summed E-state index contributed by atoms with van der Waals surface area (Å²) in [7, 11) is 0. The molecule has 0 bridgehead atoms. The molecule has 0 radical (unpaired) electrons. The van der Waals surface area contributed by atoms with Gasteiger partial charge in [0.1, 0.15) is 12.3 Å². The van der Waals surface area contributed by atoms with Gasteiger partial charge in [-0.05, 0) is 30.9 Å². The highest BCUT2D eigenvalue weighted by molar-refractivity contribution is 5.98. The number of hydrogen-bond donors (Lipinski definition) is 2. The summed E-state index contributed by atoms with van der Waals surface area (Å²) in [4.78, 5) is 35.7. The van der Waals surface area contributed by atoms with Crippen LogP contribution >= 0.6 is 0 Å². The van der Waals surface area contributed by atoms with Crippen molar-refractivity contribution in [2.24, 2.45) is 5.92 Å². The zero-order valence-electron chi connectivity index (χ0n) is 15.6. The van der Waals surface area contributed by atoms with Gasteiger partial charge in [0, 0.05) is 6.04 Å². The first kappa shape index (κ1) is 21.6. The van der Waals surface area contributed by atoms with E-state index in [-0.39, 0.29) is 17.4 Å². The van der Waals surface area contributed by atoms with E-state index in [0.717, 1.165) is 25.7 Å². The second-order valence-electron chi connectivity index (χ2n) is 6.65. The summed E-state index contributed by atoms with van der Waals surface area (Å²) in [5.74, 6) is -1.90. The van der Waals surface area contributed by atoms with E-state index in [9.17, 15) is 23.2 Å². The number of esters is 1. The molecule has 1 aliphatic carbocycles. The first-order valence-electron chi connectivity index (χ1n) is 9.14. The number of rotatable bonds is 8. The van der Waals surface area contributed by atoms with Crippen molar-refractivity contribution in [3.05, 3.63) is 29.8 Å². The van der Waals surface area contributed by atoms with Crippen molar-refractivity contribution in [1.29, 1.82) is 0 Å². The minimum Gasteiger partial charge on any atom is -0.454 e. The van der Waals surface area contributed by atoms with Gasteiger partial charge in [-0.25, -0.2) is 0 Å². The molecule has 0 heterocycles. The third kappa shape index (κ3) is 6.79. The van der Waals surface area contributed by atoms with Gasteiger partial charge < -0.3 is 20.1 Å². The number of carbonyl (C=O) groups excluding carboxylic acids is 3. The molecular formula is C19H24F2N2O5. The van der Waals surface area contributed by atoms with Crippen LogP contribution in [0.5, 0.6) is 5.75 Å². The molecule has 1 aromatic rings. The Bertz CT molecular complexity index is 699. The summed E-state index contributed by atoms with van der Waals surface area (Å²) in [6, 6.07) is 5.50. The average molecular weight is 398 g/mol. The van der Waals surface area contributed by atoms with E-state index in [4.69, 9.17) is 4.74 Å². The molecule has 1 saturated carbocycles. The lowest BCUT2D eigenvalue weighted by Gasteiger charge is -2.29. The number of nitrogens with one attached hydrogen (secondary N) is 2. The van der Waals surface area contributed by atoms with Crippen LogP contribution in [0.4, 0.5) is 8.78 Å². The number of amides is 2. The summed E-state index contributed by atoms with van der Waals surface area (Å²) in [6.07, 6.45) is 4.15. The molecule has 2 amide bonds. The molecule has 28 heavy (non-hydrogen) atoms. The zero-order chi connectivity index (χ0) is 20.5. The predicted molar refractivity (Wildman–Crippen MR) is 95.9 cm³/mol. The van der Waals surface area contributed by atoms with Crippen molar-refractivity contribution in [2.75, 3.05) is 13.2 Å². The van der Waals surface area contributed by atoms with Crippen LogP contribution in [0.3, 0.4) is 0 Å². The monoisotopic (exact) mass is 398 g/mol. The van der Waals surface area contributed by atoms with Gasteiger partial charge in [0.25, 0.3) is 11.8 Å². The van der Waals surface area contributed by atoms with E-state index in [1.807, 2.05) is 0 Å². The van der Waals surface area contributed by atoms with Gasteiger partial charge in [0.05, 0.1) is 5.56 Å². The SMILES string of the molecule is C[C@H]1CCCC[C@@H]1NC(=O)COC(=O)CNC(=O)c1ccccc1OC(F)F. The Kier molecular flexibility index (Phi) is 8.16. The first-order valence-corrected chi connectivity index (χ1v) is 9.14. The van der Waals surface area contributed by atoms with Gasteiger partial charge in [0.2, 0.25) is 0 Å². The number of ether oxygens (including phenoxy) is 2. The van der Waals surface area contributed by atoms with Crippen LogP contribution < -0.4 is 15.4 Å². The lowest BCUT2D eigenvalue weighted by atomic mass is 9.86. The number of para-hydroxylation sites is 1. The molecule has 2 rings (SSSR count). The van der Waals surface area contributed by atoms with Crippen LogP contribution in [-0.2, 0) is 14.3 Å². The average Bonchev–Trinajstić information content (AvgIpc) is 2.66. The van der Waals surface area contributed by atoms with E-state index in [1.54, 1.807) is 0 Å². The maximum Gasteiger partial charge on any atom is 0.387 e. The molecule has 0 aliphatic heterocycles. The van der Waals surface area contributed by atoms with Crippen molar-refractivity contribution in [2.45, 2.75) is 45.3 Å². The topological polar surface area (TPSA) is 93.7 Å². The number of carbonyl (C=O) groups is 3. The van der Waals surface area contributed by atoms with E-state index in [0.29, 0.717) is 5.92 Å². The van der Waals surface area contributed by atoms with Crippen molar-refractivity contribution in [3.8, 4) is 5.75 Å². The highest BCUT2D eigenvalue weighted by Crippen LogP contribution is 2.23. The molecule has 0 aromatic heterocycles. The highest BCUT2D eigenvalue weighted by atomic mass is 19.3. The second-order valence-corrected chi connectivity index (χ2v) is 6.65. The number of halogens is 2. The maximum absolute atomic E-state index is 12.4. The van der Waals surface area contributed by atoms with Crippen molar-refractivity contribution in [1.82, 2.24) is 10.6 Å². The largest absolute Gasteiger partial charge is 0.454 e. The first-order chi connectivity index (χ1) is 13.4. The summed E-state index contributed by atoms with van der Waals surface area (Å²) in [5, 5.41) is 5.10. The summed E-state index contributed by atoms with van der Waals surface area (Å²) in [5.41, 5.74) is -0.139. The lowest BCUT2D eigenvalue weighted by molar-refractivity contribution is -0.147. The van der Waals surface area contributed by atoms with Gasteiger partial charge in [0.15, 0.2) is 6.61 Å². The Morgan fingerprint density at radius 1 is 1.18 bits per heavy atom. The third-order valence-corrected chi connectivity index (χ3v) is 4.56. The summed E-state index contributed by atoms with van der Waals surface area (Å²) < 4.78 is 33.9. The normalized spacial score (nSPS) is 19.0. The van der Waals surface area contributed by atoms with Crippen LogP contribution in [0.1, 0.15) is 43.0 Å². The number of benzene rings is 1. The van der Waals surface area contributed by atoms with E-state index in [1.165, 1.54) is 24.3 Å². The van der Waals surface area contributed by atoms with Crippen LogP contribution in [0.15, 0.2) is 24.3 Å². The maximum atomic E-state index is 12.4. The molecule has 0 saturated heterocycles. The molecule has 1 aromatic carbocycles. The molecule has 1 fully saturated rings. The molecule has 7 nitrogen and oxygen atoms in total. The molecule has 0 spiro atoms. The van der Waals surface area contributed by atoms with E-state index in [2.05, 4.69) is 22.3 Å². The van der Waals surface area contributed by atoms with Crippen molar-refractivity contribution < 1.29 is 32.6 Å². The Labute approximate surface area is 161 Å². The lowest BCUT2D eigenvalue weighted by Crippen LogP contribution is -2.43. The van der Waals surface area contributed by atoms with Gasteiger partial charge in [-0.1, -0.05) is 31.9 Å². The van der Waals surface area contributed by atoms with Crippen LogP contribution in [0.2, 0.25) is 0 Å². The predicted octanol–water partition coefficient (Wildman–Crippen LogP) is 2.26. The molecule has 2 N–H and O–H groups in total. The summed E-state index contributed by atoms with van der Waals surface area (Å²) >= 11 is 0. The molecule has 2 atom stereocenters. The minimum atomic E-state index is -3.08. The van der Waals surface area contributed by atoms with Crippen molar-refractivity contribution >= 4 is 17.8 Å². The third-order valence-electron chi connectivity index (χ3n) is 4.56. The van der Waals surface area contributed by atoms with Crippen molar-refractivity contribution in [3.63, 3.8) is 0 Å². The Balaban J connectivity index is 1.75. The van der Waals surface area contributed by atoms with Gasteiger partial charge in [-0.15, -0.1) is 0 Å². The molecule has 0 unspecified atom stereocenters. The summed E-state index contributed by atoms with van der Waals surface area (Å²) in [6.45, 7) is -1.96. The standard InChI is InChI=1S/C19H24F2N2O5/c1-12-6-2-4-8-14(12)23-16(24)11-27-17(25)10-22-18(26)13-7-3-5-9-15(13)28-19(20)21/h3,5,7,9,12,14,19H,2,4,6,8,10-11H2,1H3,(H,22,26)(H,23,24)/t12-,14-/m0/s1. The number of hydrogen-bond acceptors (Lipinski definition) is 5. The molecule has 1 aliphatic rings. The van der Waals surface area contributed by atoms with Gasteiger partial charge >= 0.3 is 12.6 Å². The zero-order valence-corrected chi connectivity index (χ0v) is 15.6. The Hall–Kier alpha value is -2.71. The Morgan fingerprint density at radius 2 is 1.89 bits per heavy atom. The smallest absolute Gasteiger partial charge is 0.387 e. The molecule has 154 valence electrons. The second kappa shape index (κ2) is 10.6. The Morgan fingerprint density at radius 3 is 2.61 bits per heavy atom. The van der Waals surface area contributed by atoms with Crippen LogP contribution in [0, 0.1) is 5.92 Å². The van der Waals surface area contributed by atoms with E-state index >= 15 is 0 Å². The molecule has 9 heteroatoms.